The third-order valence-electron chi connectivity index (χ3n) is 5.80. The third-order valence-corrected chi connectivity index (χ3v) is 8.03. The molecule has 0 amide bonds. The molecule has 0 bridgehead atoms. The second-order valence-corrected chi connectivity index (χ2v) is 10.2. The Morgan fingerprint density at radius 2 is 1.89 bits per heavy atom. The summed E-state index contributed by atoms with van der Waals surface area (Å²) in [6, 6.07) is 19.1. The van der Waals surface area contributed by atoms with E-state index in [0.29, 0.717) is 26.7 Å². The van der Waals surface area contributed by atoms with Gasteiger partial charge in [0.15, 0.2) is 0 Å². The van der Waals surface area contributed by atoms with Gasteiger partial charge in [-0.3, -0.25) is 9.36 Å². The number of para-hydroxylation sites is 1. The molecule has 37 heavy (non-hydrogen) atoms. The van der Waals surface area contributed by atoms with Gasteiger partial charge in [-0.15, -0.1) is 22.7 Å². The highest BCUT2D eigenvalue weighted by atomic mass is 32.1. The molecule has 0 unspecified atom stereocenters. The van der Waals surface area contributed by atoms with Gasteiger partial charge in [-0.1, -0.05) is 42.5 Å². The molecule has 8 nitrogen and oxygen atoms in total. The minimum Gasteiger partial charge on any atom is -0.509 e. The van der Waals surface area contributed by atoms with E-state index < -0.39 is 11.5 Å². The van der Waals surface area contributed by atoms with Crippen molar-refractivity contribution in [3.8, 4) is 6.07 Å². The van der Waals surface area contributed by atoms with Gasteiger partial charge in [-0.05, 0) is 30.2 Å². The molecule has 2 aromatic carbocycles. The van der Waals surface area contributed by atoms with Gasteiger partial charge >= 0.3 is 5.97 Å². The van der Waals surface area contributed by atoms with Crippen molar-refractivity contribution in [3.63, 3.8) is 0 Å². The van der Waals surface area contributed by atoms with E-state index in [4.69, 9.17) is 4.74 Å². The number of aliphatic hydroxyl groups is 1. The first-order valence-electron chi connectivity index (χ1n) is 11.3. The zero-order chi connectivity index (χ0) is 25.9. The molecule has 0 saturated heterocycles. The molecule has 0 saturated carbocycles. The number of nitrogens with zero attached hydrogens (tertiary/aromatic N) is 4. The van der Waals surface area contributed by atoms with Crippen LogP contribution in [0.25, 0.3) is 26.0 Å². The number of aliphatic hydroxyl groups excluding tert-OH is 1. The summed E-state index contributed by atoms with van der Waals surface area (Å²) < 4.78 is 7.54. The number of thiophene rings is 1. The first-order valence-corrected chi connectivity index (χ1v) is 13.0. The molecule has 184 valence electrons. The van der Waals surface area contributed by atoms with Crippen LogP contribution in [0, 0.1) is 18.3 Å². The summed E-state index contributed by atoms with van der Waals surface area (Å²) in [6.45, 7) is 1.64. The van der Waals surface area contributed by atoms with Gasteiger partial charge in [0.05, 0.1) is 35.1 Å². The normalized spacial score (nSPS) is 11.9. The van der Waals surface area contributed by atoms with E-state index in [0.717, 1.165) is 27.1 Å². The molecular weight excluding hydrogens is 508 g/mol. The zero-order valence-corrected chi connectivity index (χ0v) is 21.3. The monoisotopic (exact) mass is 528 g/mol. The second kappa shape index (κ2) is 10.3. The van der Waals surface area contributed by atoms with Crippen LogP contribution in [0.5, 0.6) is 0 Å². The number of aromatic nitrogens is 3. The number of rotatable bonds is 7. The Labute approximate surface area is 219 Å². The predicted octanol–water partition coefficient (Wildman–Crippen LogP) is 5.27. The highest BCUT2D eigenvalue weighted by molar-refractivity contribution is 7.20. The van der Waals surface area contributed by atoms with Crippen LogP contribution < -0.4 is 5.56 Å². The summed E-state index contributed by atoms with van der Waals surface area (Å²) in [5.41, 5.74) is 1.84. The first kappa shape index (κ1) is 24.4. The molecule has 3 aromatic heterocycles. The molecule has 1 N–H and O–H groups in total. The average Bonchev–Trinajstić information content (AvgIpc) is 3.48. The Morgan fingerprint density at radius 1 is 1.14 bits per heavy atom. The number of nitriles is 1. The van der Waals surface area contributed by atoms with Gasteiger partial charge < -0.3 is 9.84 Å². The van der Waals surface area contributed by atoms with Crippen molar-refractivity contribution in [1.29, 1.82) is 5.26 Å². The summed E-state index contributed by atoms with van der Waals surface area (Å²) in [4.78, 5) is 35.4. The molecule has 10 heteroatoms. The van der Waals surface area contributed by atoms with Gasteiger partial charge in [-0.2, -0.15) is 5.26 Å². The Balaban J connectivity index is 1.40. The summed E-state index contributed by atoms with van der Waals surface area (Å²) in [5, 5.41) is 21.1. The quantitative estimate of drug-likeness (QED) is 0.174. The van der Waals surface area contributed by atoms with Crippen LogP contribution in [0.4, 0.5) is 0 Å². The summed E-state index contributed by atoms with van der Waals surface area (Å²) in [6.07, 6.45) is 1.89. The number of allylic oxidation sites excluding steroid dienone is 2. The molecule has 0 aliphatic carbocycles. The minimum atomic E-state index is -0.507. The van der Waals surface area contributed by atoms with E-state index in [1.807, 2.05) is 60.7 Å². The SMILES string of the molecule is Cc1c(C(=O)OCCc2ccccc2)sc2ncn(C/C(O)=C(\C#N)c3nc4ccccc4s3)c(=O)c12. The topological polar surface area (TPSA) is 118 Å². The number of aryl methyl sites for hydroxylation is 1. The second-order valence-electron chi connectivity index (χ2n) is 8.21. The Morgan fingerprint density at radius 3 is 2.65 bits per heavy atom. The zero-order valence-electron chi connectivity index (χ0n) is 19.7. The molecule has 0 atom stereocenters. The van der Waals surface area contributed by atoms with Crippen LogP contribution in [0.2, 0.25) is 0 Å². The van der Waals surface area contributed by atoms with Gasteiger partial charge in [0, 0.05) is 6.42 Å². The number of hydrogen-bond acceptors (Lipinski definition) is 9. The standard InChI is InChI=1S/C27H20N4O4S2/c1-16-22-25(37-23(16)27(34)35-12-11-17-7-3-2-4-8-17)29-15-31(26(22)33)14-20(32)18(13-28)24-30-19-9-5-6-10-21(19)36-24/h2-10,15,32H,11-12,14H2,1H3/b20-18-. The highest BCUT2D eigenvalue weighted by Gasteiger charge is 2.21. The Kier molecular flexibility index (Phi) is 6.81. The van der Waals surface area contributed by atoms with Crippen LogP contribution in [0.1, 0.15) is 25.8 Å². The summed E-state index contributed by atoms with van der Waals surface area (Å²) in [5.74, 6) is -0.800. The molecule has 0 aliphatic rings. The number of esters is 1. The van der Waals surface area contributed by atoms with Crippen LogP contribution in [-0.4, -0.2) is 32.2 Å². The molecular formula is C27H20N4O4S2. The van der Waals surface area contributed by atoms with Crippen molar-refractivity contribution in [1.82, 2.24) is 14.5 Å². The lowest BCUT2D eigenvalue weighted by Crippen LogP contribution is -2.22. The molecule has 0 spiro atoms. The van der Waals surface area contributed by atoms with Crippen molar-refractivity contribution in [2.75, 3.05) is 6.61 Å². The number of carbonyl (C=O) groups is 1. The van der Waals surface area contributed by atoms with Crippen LogP contribution in [0.3, 0.4) is 0 Å². The van der Waals surface area contributed by atoms with E-state index >= 15 is 0 Å². The fraction of sp³-hybridized carbons (Fsp3) is 0.148. The summed E-state index contributed by atoms with van der Waals surface area (Å²) in [7, 11) is 0. The number of carbonyl (C=O) groups excluding carboxylic acids is 1. The average molecular weight is 529 g/mol. The van der Waals surface area contributed by atoms with Crippen molar-refractivity contribution in [2.24, 2.45) is 0 Å². The number of ether oxygens (including phenoxy) is 1. The van der Waals surface area contributed by atoms with E-state index in [2.05, 4.69) is 9.97 Å². The van der Waals surface area contributed by atoms with Gasteiger partial charge in [0.2, 0.25) is 0 Å². The maximum absolute atomic E-state index is 13.3. The highest BCUT2D eigenvalue weighted by Crippen LogP contribution is 2.29. The van der Waals surface area contributed by atoms with Crippen molar-refractivity contribution in [2.45, 2.75) is 19.9 Å². The summed E-state index contributed by atoms with van der Waals surface area (Å²) >= 11 is 2.38. The van der Waals surface area contributed by atoms with Crippen LogP contribution >= 0.6 is 22.7 Å². The van der Waals surface area contributed by atoms with Crippen molar-refractivity contribution in [3.05, 3.63) is 98.0 Å². The molecule has 5 rings (SSSR count). The molecule has 5 aromatic rings. The number of benzene rings is 2. The van der Waals surface area contributed by atoms with Gasteiger partial charge in [0.1, 0.15) is 32.1 Å². The molecule has 3 heterocycles. The third kappa shape index (κ3) is 4.87. The Hall–Kier alpha value is -4.33. The van der Waals surface area contributed by atoms with E-state index in [-0.39, 0.29) is 29.9 Å². The maximum Gasteiger partial charge on any atom is 0.348 e. The number of thiazole rings is 1. The van der Waals surface area contributed by atoms with Crippen LogP contribution in [-0.2, 0) is 17.7 Å². The van der Waals surface area contributed by atoms with E-state index in [9.17, 15) is 20.0 Å². The lowest BCUT2D eigenvalue weighted by molar-refractivity contribution is 0.0514. The fourth-order valence-corrected chi connectivity index (χ4v) is 5.91. The fourth-order valence-electron chi connectivity index (χ4n) is 3.89. The van der Waals surface area contributed by atoms with Crippen molar-refractivity contribution < 1.29 is 14.6 Å². The molecule has 0 aliphatic heterocycles. The predicted molar refractivity (Wildman–Crippen MR) is 144 cm³/mol. The number of fused-ring (bicyclic) bond motifs is 2. The van der Waals surface area contributed by atoms with Gasteiger partial charge in [-0.25, -0.2) is 14.8 Å². The van der Waals surface area contributed by atoms with Crippen LogP contribution in [0.15, 0.2) is 71.5 Å². The first-order chi connectivity index (χ1) is 18.0. The lowest BCUT2D eigenvalue weighted by atomic mass is 10.2. The lowest BCUT2D eigenvalue weighted by Gasteiger charge is -2.06. The number of hydrogen-bond donors (Lipinski definition) is 1. The molecule has 0 radical (unpaired) electrons. The van der Waals surface area contributed by atoms with Crippen molar-refractivity contribution >= 4 is 54.6 Å². The minimum absolute atomic E-state index is 0.00193. The van der Waals surface area contributed by atoms with E-state index in [1.165, 1.54) is 22.2 Å². The largest absolute Gasteiger partial charge is 0.509 e. The smallest absolute Gasteiger partial charge is 0.348 e. The van der Waals surface area contributed by atoms with Gasteiger partial charge in [0.25, 0.3) is 5.56 Å². The Bertz CT molecular complexity index is 1730. The maximum atomic E-state index is 13.3. The molecule has 0 fully saturated rings. The van der Waals surface area contributed by atoms with E-state index in [1.54, 1.807) is 6.92 Å².